The number of carbonyl (C=O) groups is 3. The predicted molar refractivity (Wildman–Crippen MR) is 303 cm³/mol. The molecule has 7 aliphatic rings. The fourth-order valence-electron chi connectivity index (χ4n) is 16.7. The molecule has 3 saturated carbocycles. The molecule has 4 unspecified atom stereocenters. The minimum Gasteiger partial charge on any atom is -0.459 e. The van der Waals surface area contributed by atoms with Gasteiger partial charge in [-0.15, -0.1) is 0 Å². The van der Waals surface area contributed by atoms with Crippen LogP contribution >= 0.6 is 0 Å². The van der Waals surface area contributed by atoms with Crippen LogP contribution in [0, 0.1) is 46.3 Å². The van der Waals surface area contributed by atoms with Gasteiger partial charge >= 0.3 is 5.97 Å². The lowest BCUT2D eigenvalue weighted by Gasteiger charge is -2.63. The number of nitrogens with zero attached hydrogens (tertiary/aromatic N) is 2. The molecule has 0 aromatic carbocycles. The molecule has 27 atom stereocenters. The number of allylic oxidation sites excluding steroid dienone is 4. The number of halogens is 2. The summed E-state index contributed by atoms with van der Waals surface area (Å²) in [4.78, 5) is 45.7. The van der Waals surface area contributed by atoms with E-state index in [0.717, 1.165) is 6.08 Å². The highest BCUT2D eigenvalue weighted by molar-refractivity contribution is 6.01. The van der Waals surface area contributed by atoms with Gasteiger partial charge in [-0.2, -0.15) is 0 Å². The molecule has 0 radical (unpaired) electrons. The lowest BCUT2D eigenvalue weighted by atomic mass is 9.44. The van der Waals surface area contributed by atoms with Crippen molar-refractivity contribution in [2.45, 2.75) is 262 Å². The molecule has 19 nitrogen and oxygen atoms in total. The van der Waals surface area contributed by atoms with Crippen molar-refractivity contribution in [3.05, 3.63) is 23.8 Å². The third kappa shape index (κ3) is 12.1. The molecule has 3 heterocycles. The summed E-state index contributed by atoms with van der Waals surface area (Å²) < 4.78 is 72.5. The number of carbonyl (C=O) groups excluding carboxylic acids is 3. The van der Waals surface area contributed by atoms with Gasteiger partial charge in [-0.1, -0.05) is 47.6 Å². The topological polar surface area (TPSA) is 267 Å². The second kappa shape index (κ2) is 25.1. The maximum atomic E-state index is 17.9. The number of likely N-dealkylation sites (N-methyl/N-ethyl adjacent to an activating group) is 1. The molecule has 4 aliphatic carbocycles. The molecule has 0 spiro atoms. The van der Waals surface area contributed by atoms with Crippen molar-refractivity contribution in [3.8, 4) is 0 Å². The van der Waals surface area contributed by atoms with E-state index in [4.69, 9.17) is 28.4 Å². The molecular weight excluding hydrogens is 1080 g/mol. The third-order valence-corrected chi connectivity index (χ3v) is 21.9. The van der Waals surface area contributed by atoms with Gasteiger partial charge in [0, 0.05) is 67.9 Å². The summed E-state index contributed by atoms with van der Waals surface area (Å²) in [6, 6.07) is -1.20. The fraction of sp³-hybridized carbons (Fsp3) is 0.887. The molecule has 6 fully saturated rings. The number of nitrogens with one attached hydrogen (secondary N) is 1. The summed E-state index contributed by atoms with van der Waals surface area (Å²) in [5, 5.41) is 88.5. The maximum absolute atomic E-state index is 17.9. The Morgan fingerprint density at radius 2 is 1.55 bits per heavy atom. The number of methoxy groups -OCH3 is 1. The minimum atomic E-state index is -2.39. The van der Waals surface area contributed by atoms with Crippen LogP contribution in [-0.4, -0.2) is 217 Å². The highest BCUT2D eigenvalue weighted by Crippen LogP contribution is 2.71. The number of hydrogen-bond donors (Lipinski definition) is 8. The normalized spacial score (nSPS) is 50.3. The zero-order valence-corrected chi connectivity index (χ0v) is 52.2. The summed E-state index contributed by atoms with van der Waals surface area (Å²) in [6.07, 6.45) is -9.93. The maximum Gasteiger partial charge on any atom is 0.311 e. The predicted octanol–water partition coefficient (Wildman–Crippen LogP) is 4.46. The van der Waals surface area contributed by atoms with E-state index >= 15 is 8.78 Å². The summed E-state index contributed by atoms with van der Waals surface area (Å²) in [6.45, 7) is 25.0. The summed E-state index contributed by atoms with van der Waals surface area (Å²) in [5.41, 5.74) is -12.4. The molecule has 0 aromatic heterocycles. The summed E-state index contributed by atoms with van der Waals surface area (Å²) in [7, 11) is 3.38. The van der Waals surface area contributed by atoms with Gasteiger partial charge in [0.1, 0.15) is 36.2 Å². The van der Waals surface area contributed by atoms with Crippen LogP contribution in [0.5, 0.6) is 0 Å². The van der Waals surface area contributed by atoms with Crippen LogP contribution in [0.2, 0.25) is 0 Å². The van der Waals surface area contributed by atoms with Gasteiger partial charge in [0.25, 0.3) is 5.91 Å². The summed E-state index contributed by atoms with van der Waals surface area (Å²) in [5.74, 6) is -6.92. The van der Waals surface area contributed by atoms with Crippen LogP contribution < -0.4 is 5.32 Å². The SMILES string of the molecule is CC[C@H]1OC(=O)[C@H](C)[C@@H](OC2C[C@@](C)(OC)[C@@H](O)[C@H](C)O2)[C@@H](C)[C@@H](OC2O[C@H](C)C[C@H](N(C)CC)[C@H]2O)[C@](C)(O)C[C@@H](C)CN(CCCNC(=O)[C@@]2(O)[C@H](C)CC3C4C[C@H](F)C5=CC(=O)C=C[C@]5(C)[C@@]4(F)[C@@H](O)C[C@@]32C)[C@H](C)[C@@H](O)[C@]1(C)O. The number of rotatable bonds is 13. The number of fused-ring (bicyclic) bond motifs is 5. The van der Waals surface area contributed by atoms with Gasteiger partial charge in [0.15, 0.2) is 29.6 Å². The molecule has 0 bridgehead atoms. The number of esters is 1. The van der Waals surface area contributed by atoms with Gasteiger partial charge in [-0.05, 0) is 149 Å². The zero-order chi connectivity index (χ0) is 62.1. The van der Waals surface area contributed by atoms with Gasteiger partial charge < -0.3 is 74.4 Å². The Morgan fingerprint density at radius 1 is 0.892 bits per heavy atom. The van der Waals surface area contributed by atoms with Gasteiger partial charge in [-0.3, -0.25) is 19.3 Å². The minimum absolute atomic E-state index is 0.0112. The number of amides is 1. The first-order chi connectivity index (χ1) is 38.4. The number of hydrogen-bond acceptors (Lipinski definition) is 18. The van der Waals surface area contributed by atoms with Gasteiger partial charge in [-0.25, -0.2) is 8.78 Å². The van der Waals surface area contributed by atoms with Crippen molar-refractivity contribution in [1.82, 2.24) is 15.1 Å². The number of cyclic esters (lactones) is 1. The first-order valence-corrected chi connectivity index (χ1v) is 30.7. The monoisotopic (exact) mass is 1180 g/mol. The zero-order valence-electron chi connectivity index (χ0n) is 52.2. The number of ether oxygens (including phenoxy) is 6. The van der Waals surface area contributed by atoms with Crippen LogP contribution in [0.25, 0.3) is 0 Å². The lowest BCUT2D eigenvalue weighted by Crippen LogP contribution is -2.71. The van der Waals surface area contributed by atoms with Crippen LogP contribution in [0.3, 0.4) is 0 Å². The largest absolute Gasteiger partial charge is 0.459 e. The Hall–Kier alpha value is -2.61. The standard InChI is InChI=1S/C62H103F2N3O16/c1-17-46-60(14,76)50(71)37(8)67(23-19-22-65-55(74)62(77)33(4)24-40-41-27-43(63)42-26-39(68)20-21-56(42,10)61(41,64)45(69)29-57(40,62)11)31-32(3)28-58(12,75)52(83-54-48(70)44(66(15)18-2)25-34(5)79-54)35(6)49(36(7)53(73)81-46)82-47-30-59(13,78-16)51(72)38(9)80-47/h20-21,26,32-38,40-41,43-52,54,69-72,75-77H,17-19,22-25,27-31H2,1-16H3,(H,65,74)/t32-,33-,34-,35-,36-,37-,38+,40?,41?,43+,44+,45+,46-,47?,48-,49+,50-,51+,52-,54?,56+,57+,58-,59-,60-,61+,62+/m1/s1. The second-order valence-electron chi connectivity index (χ2n) is 27.7. The molecular formula is C62H103F2N3O16. The number of aliphatic hydroxyl groups excluding tert-OH is 4. The Morgan fingerprint density at radius 3 is 2.18 bits per heavy atom. The molecule has 3 saturated heterocycles. The smallest absolute Gasteiger partial charge is 0.311 e. The van der Waals surface area contributed by atoms with E-state index in [-0.39, 0.29) is 82.3 Å². The first kappa shape index (κ1) is 67.9. The molecule has 8 N–H and O–H groups in total. The highest BCUT2D eigenvalue weighted by atomic mass is 19.1. The van der Waals surface area contributed by atoms with Gasteiger partial charge in [0.2, 0.25) is 0 Å². The van der Waals surface area contributed by atoms with Crippen molar-refractivity contribution < 1.29 is 87.3 Å². The molecule has 7 rings (SSSR count). The Labute approximate surface area is 491 Å². The van der Waals surface area contributed by atoms with E-state index in [0.29, 0.717) is 13.0 Å². The van der Waals surface area contributed by atoms with Crippen LogP contribution in [0.4, 0.5) is 8.78 Å². The average Bonchev–Trinajstić information content (AvgIpc) is 1.69. The van der Waals surface area contributed by atoms with Crippen molar-refractivity contribution in [2.75, 3.05) is 40.3 Å². The van der Waals surface area contributed by atoms with E-state index in [2.05, 4.69) is 5.32 Å². The Balaban J connectivity index is 1.17. The first-order valence-electron chi connectivity index (χ1n) is 30.7. The van der Waals surface area contributed by atoms with Crippen molar-refractivity contribution in [3.63, 3.8) is 0 Å². The van der Waals surface area contributed by atoms with Gasteiger partial charge in [0.05, 0.1) is 47.6 Å². The summed E-state index contributed by atoms with van der Waals surface area (Å²) >= 11 is 0. The van der Waals surface area contributed by atoms with E-state index < -0.39 is 166 Å². The fourth-order valence-corrected chi connectivity index (χ4v) is 16.7. The number of aliphatic hydroxyl groups is 7. The van der Waals surface area contributed by atoms with Crippen LogP contribution in [-0.2, 0) is 42.8 Å². The third-order valence-electron chi connectivity index (χ3n) is 21.9. The molecule has 3 aliphatic heterocycles. The van der Waals surface area contributed by atoms with E-state index in [1.54, 1.807) is 62.3 Å². The second-order valence-corrected chi connectivity index (χ2v) is 27.7. The Kier molecular flexibility index (Phi) is 20.5. The molecule has 476 valence electrons. The molecule has 0 aromatic rings. The highest BCUT2D eigenvalue weighted by Gasteiger charge is 2.77. The van der Waals surface area contributed by atoms with E-state index in [9.17, 15) is 50.1 Å². The quantitative estimate of drug-likeness (QED) is 0.0935. The van der Waals surface area contributed by atoms with Crippen molar-refractivity contribution in [2.24, 2.45) is 46.3 Å². The van der Waals surface area contributed by atoms with Crippen LogP contribution in [0.15, 0.2) is 23.8 Å². The van der Waals surface area contributed by atoms with Crippen LogP contribution in [0.1, 0.15) is 148 Å². The number of alkyl halides is 2. The molecule has 83 heavy (non-hydrogen) atoms. The van der Waals surface area contributed by atoms with E-state index in [1.165, 1.54) is 33.1 Å². The van der Waals surface area contributed by atoms with Crippen molar-refractivity contribution in [1.29, 1.82) is 0 Å². The molecule has 21 heteroatoms. The van der Waals surface area contributed by atoms with Crippen molar-refractivity contribution >= 4 is 17.7 Å². The average molecular weight is 1180 g/mol. The lowest BCUT2D eigenvalue weighted by molar-refractivity contribution is -0.318. The van der Waals surface area contributed by atoms with E-state index in [1.807, 2.05) is 37.6 Å². The molecule has 1 amide bonds. The Bertz CT molecular complexity index is 2370. The number of ketones is 1.